The number of phosphoric acid groups is 1. The van der Waals surface area contributed by atoms with Gasteiger partial charge in [0.1, 0.15) is 18.3 Å². The van der Waals surface area contributed by atoms with Crippen LogP contribution in [-0.2, 0) is 13.8 Å². The fourth-order valence-electron chi connectivity index (χ4n) is 2.28. The minimum Gasteiger partial charge on any atom is -0.387 e. The molecular formula is C11H15N2O10P. The third-order valence-electron chi connectivity index (χ3n) is 3.34. The molecule has 2 rings (SSSR count). The summed E-state index contributed by atoms with van der Waals surface area (Å²) in [6.45, 7) is 0.309. The molecule has 0 aliphatic carbocycles. The topological polar surface area (TPSA) is 188 Å². The van der Waals surface area contributed by atoms with E-state index in [-0.39, 0.29) is 5.69 Å². The second kappa shape index (κ2) is 6.69. The van der Waals surface area contributed by atoms with E-state index < -0.39 is 56.0 Å². The summed E-state index contributed by atoms with van der Waals surface area (Å²) in [4.78, 5) is 54.1. The average Bonchev–Trinajstić information content (AvgIpc) is 2.71. The first-order valence-corrected chi connectivity index (χ1v) is 8.13. The number of nitrogens with one attached hydrogen (secondary N) is 1. The van der Waals surface area contributed by atoms with Gasteiger partial charge < -0.3 is 24.7 Å². The first-order chi connectivity index (χ1) is 11.0. The molecule has 13 heteroatoms. The van der Waals surface area contributed by atoms with Crippen LogP contribution in [0.4, 0.5) is 0 Å². The number of aliphatic hydroxyl groups excluding tert-OH is 2. The van der Waals surface area contributed by atoms with Crippen molar-refractivity contribution in [1.29, 1.82) is 0 Å². The number of aromatic nitrogens is 2. The SMILES string of the molecule is CC(=O)c1cc(=O)[nH]c(=O)n1[C@@H]1O[C@H](COP(=O)(O)O)[C@@H](O)[C@H]1O. The zero-order valence-electron chi connectivity index (χ0n) is 12.2. The molecule has 134 valence electrons. The molecule has 1 aromatic heterocycles. The molecule has 4 atom stereocenters. The monoisotopic (exact) mass is 366 g/mol. The van der Waals surface area contributed by atoms with Gasteiger partial charge in [0.05, 0.1) is 12.3 Å². The van der Waals surface area contributed by atoms with Crippen LogP contribution < -0.4 is 11.2 Å². The van der Waals surface area contributed by atoms with Gasteiger partial charge in [-0.15, -0.1) is 0 Å². The van der Waals surface area contributed by atoms with Gasteiger partial charge >= 0.3 is 13.5 Å². The summed E-state index contributed by atoms with van der Waals surface area (Å²) >= 11 is 0. The molecule has 1 saturated heterocycles. The van der Waals surface area contributed by atoms with E-state index in [1.54, 1.807) is 0 Å². The summed E-state index contributed by atoms with van der Waals surface area (Å²) in [5.41, 5.74) is -2.26. The van der Waals surface area contributed by atoms with Crippen molar-refractivity contribution >= 4 is 13.6 Å². The molecule has 0 radical (unpaired) electrons. The number of hydrogen-bond donors (Lipinski definition) is 5. The van der Waals surface area contributed by atoms with E-state index in [0.717, 1.165) is 13.0 Å². The Morgan fingerprint density at radius 1 is 1.38 bits per heavy atom. The molecule has 1 fully saturated rings. The number of phosphoric ester groups is 1. The van der Waals surface area contributed by atoms with Crippen molar-refractivity contribution in [3.63, 3.8) is 0 Å². The summed E-state index contributed by atoms with van der Waals surface area (Å²) in [7, 11) is -4.84. The number of nitrogens with zero attached hydrogens (tertiary/aromatic N) is 1. The van der Waals surface area contributed by atoms with Crippen LogP contribution in [0, 0.1) is 0 Å². The van der Waals surface area contributed by atoms with E-state index in [2.05, 4.69) is 4.52 Å². The van der Waals surface area contributed by atoms with E-state index in [4.69, 9.17) is 14.5 Å². The number of carbonyl (C=O) groups excluding carboxylic acids is 1. The quantitative estimate of drug-likeness (QED) is 0.274. The van der Waals surface area contributed by atoms with E-state index in [0.29, 0.717) is 4.57 Å². The highest BCUT2D eigenvalue weighted by Crippen LogP contribution is 2.38. The third-order valence-corrected chi connectivity index (χ3v) is 3.82. The highest BCUT2D eigenvalue weighted by atomic mass is 31.2. The van der Waals surface area contributed by atoms with E-state index >= 15 is 0 Å². The van der Waals surface area contributed by atoms with Crippen LogP contribution in [0.5, 0.6) is 0 Å². The van der Waals surface area contributed by atoms with Crippen molar-refractivity contribution in [2.45, 2.75) is 31.5 Å². The molecule has 0 saturated carbocycles. The number of carbonyl (C=O) groups is 1. The lowest BCUT2D eigenvalue weighted by Gasteiger charge is -2.19. The standard InChI is InChI=1S/C11H15N2O10P/c1-4(14)5-2-7(15)12-11(18)13(5)10-9(17)8(16)6(23-10)3-22-24(19,20)21/h2,6,8-10,16-17H,3H2,1H3,(H,12,15,18)(H2,19,20,21)/t6-,8-,9-,10-/m1/s1. The Balaban J connectivity index is 2.37. The van der Waals surface area contributed by atoms with E-state index in [9.17, 15) is 29.2 Å². The maximum Gasteiger partial charge on any atom is 0.469 e. The molecule has 0 unspecified atom stereocenters. The van der Waals surface area contributed by atoms with Crippen molar-refractivity contribution in [3.8, 4) is 0 Å². The number of H-pyrrole nitrogens is 1. The van der Waals surface area contributed by atoms with Gasteiger partial charge in [-0.1, -0.05) is 0 Å². The number of Topliss-reactive ketones (excluding diaryl/α,β-unsaturated/α-hetero) is 1. The van der Waals surface area contributed by atoms with Crippen LogP contribution in [0.2, 0.25) is 0 Å². The Hall–Kier alpha value is -1.66. The molecule has 2 heterocycles. The largest absolute Gasteiger partial charge is 0.469 e. The maximum atomic E-state index is 12.0. The fourth-order valence-corrected chi connectivity index (χ4v) is 2.62. The molecule has 1 aromatic rings. The molecule has 1 aliphatic heterocycles. The van der Waals surface area contributed by atoms with Gasteiger partial charge in [0.2, 0.25) is 0 Å². The van der Waals surface area contributed by atoms with Gasteiger partial charge in [-0.3, -0.25) is 23.7 Å². The van der Waals surface area contributed by atoms with Crippen LogP contribution in [0.1, 0.15) is 23.6 Å². The summed E-state index contributed by atoms with van der Waals surface area (Å²) in [6.07, 6.45) is -6.30. The van der Waals surface area contributed by atoms with Crippen molar-refractivity contribution in [3.05, 3.63) is 32.6 Å². The predicted octanol–water partition coefficient (Wildman–Crippen LogP) is -2.53. The molecule has 0 aromatic carbocycles. The first-order valence-electron chi connectivity index (χ1n) is 6.60. The minimum atomic E-state index is -4.84. The Bertz CT molecular complexity index is 795. The maximum absolute atomic E-state index is 12.0. The van der Waals surface area contributed by atoms with Crippen molar-refractivity contribution in [2.24, 2.45) is 0 Å². The number of hydrogen-bond acceptors (Lipinski definition) is 8. The van der Waals surface area contributed by atoms with E-state index in [1.807, 2.05) is 4.98 Å². The van der Waals surface area contributed by atoms with Crippen molar-refractivity contribution < 1.29 is 38.6 Å². The number of ether oxygens (including phenoxy) is 1. The summed E-state index contributed by atoms with van der Waals surface area (Å²) in [5, 5.41) is 19.9. The molecule has 12 nitrogen and oxygen atoms in total. The molecule has 0 amide bonds. The van der Waals surface area contributed by atoms with Crippen LogP contribution in [0.25, 0.3) is 0 Å². The number of ketones is 1. The highest BCUT2D eigenvalue weighted by molar-refractivity contribution is 7.46. The summed E-state index contributed by atoms with van der Waals surface area (Å²) in [5.74, 6) is -0.668. The Kier molecular flexibility index (Phi) is 5.20. The predicted molar refractivity (Wildman–Crippen MR) is 75.2 cm³/mol. The lowest BCUT2D eigenvalue weighted by Crippen LogP contribution is -2.40. The smallest absolute Gasteiger partial charge is 0.387 e. The van der Waals surface area contributed by atoms with Crippen molar-refractivity contribution in [2.75, 3.05) is 6.61 Å². The summed E-state index contributed by atoms with van der Waals surface area (Å²) < 4.78 is 20.7. The molecule has 24 heavy (non-hydrogen) atoms. The Morgan fingerprint density at radius 2 is 2.00 bits per heavy atom. The zero-order valence-corrected chi connectivity index (χ0v) is 13.1. The Morgan fingerprint density at radius 3 is 2.54 bits per heavy atom. The number of aliphatic hydroxyl groups is 2. The van der Waals surface area contributed by atoms with Gasteiger partial charge in [-0.25, -0.2) is 9.36 Å². The molecular weight excluding hydrogens is 351 g/mol. The van der Waals surface area contributed by atoms with Gasteiger partial charge in [-0.2, -0.15) is 0 Å². The molecule has 1 aliphatic rings. The summed E-state index contributed by atoms with van der Waals surface area (Å²) in [6, 6.07) is 0.825. The minimum absolute atomic E-state index is 0.364. The third kappa shape index (κ3) is 3.87. The fraction of sp³-hybridized carbons (Fsp3) is 0.545. The second-order valence-corrected chi connectivity index (χ2v) is 6.32. The Labute approximate surface area is 133 Å². The van der Waals surface area contributed by atoms with Crippen LogP contribution in [0.3, 0.4) is 0 Å². The molecule has 5 N–H and O–H groups in total. The van der Waals surface area contributed by atoms with E-state index in [1.165, 1.54) is 0 Å². The van der Waals surface area contributed by atoms with Gasteiger partial charge in [0, 0.05) is 13.0 Å². The second-order valence-electron chi connectivity index (χ2n) is 5.08. The number of aromatic amines is 1. The first kappa shape index (κ1) is 18.7. The zero-order chi connectivity index (χ0) is 18.2. The van der Waals surface area contributed by atoms with Crippen molar-refractivity contribution in [1.82, 2.24) is 9.55 Å². The van der Waals surface area contributed by atoms with Gasteiger partial charge in [0.25, 0.3) is 5.56 Å². The van der Waals surface area contributed by atoms with Gasteiger partial charge in [-0.05, 0) is 0 Å². The average molecular weight is 366 g/mol. The lowest BCUT2D eigenvalue weighted by molar-refractivity contribution is -0.0550. The van der Waals surface area contributed by atoms with Crippen LogP contribution >= 0.6 is 7.82 Å². The highest BCUT2D eigenvalue weighted by Gasteiger charge is 2.45. The van der Waals surface area contributed by atoms with Crippen LogP contribution in [-0.4, -0.2) is 60.3 Å². The molecule has 0 spiro atoms. The molecule has 0 bridgehead atoms. The normalized spacial score (nSPS) is 27.4. The van der Waals surface area contributed by atoms with Gasteiger partial charge in [0.15, 0.2) is 12.0 Å². The van der Waals surface area contributed by atoms with Crippen LogP contribution in [0.15, 0.2) is 15.7 Å². The number of rotatable bonds is 5. The lowest BCUT2D eigenvalue weighted by atomic mass is 10.1.